The average Bonchev–Trinajstić information content (AvgIpc) is 2.48. The van der Waals surface area contributed by atoms with Crippen LogP contribution >= 0.6 is 11.8 Å². The third-order valence-corrected chi connectivity index (χ3v) is 4.01. The number of thioether (sulfide) groups is 1. The van der Waals surface area contributed by atoms with Gasteiger partial charge in [0.25, 0.3) is 5.24 Å². The van der Waals surface area contributed by atoms with Crippen molar-refractivity contribution in [2.75, 3.05) is 14.0 Å². The van der Waals surface area contributed by atoms with E-state index in [2.05, 4.69) is 10.5 Å². The number of rotatable bonds is 5. The Labute approximate surface area is 120 Å². The number of nitrogens with one attached hydrogen (secondary N) is 1. The minimum Gasteiger partial charge on any atom is -0.493 e. The van der Waals surface area contributed by atoms with Crippen molar-refractivity contribution in [3.63, 3.8) is 0 Å². The van der Waals surface area contributed by atoms with E-state index in [-0.39, 0.29) is 10.5 Å². The van der Waals surface area contributed by atoms with Crippen LogP contribution in [0.3, 0.4) is 0 Å². The van der Waals surface area contributed by atoms with Crippen molar-refractivity contribution in [2.45, 2.75) is 18.6 Å². The zero-order chi connectivity index (χ0) is 14.5. The first-order valence-corrected chi connectivity index (χ1v) is 6.99. The number of benzene rings is 1. The molecule has 1 unspecified atom stereocenters. The molecule has 108 valence electrons. The van der Waals surface area contributed by atoms with Gasteiger partial charge in [-0.25, -0.2) is 9.82 Å². The number of ether oxygens (including phenoxy) is 2. The summed E-state index contributed by atoms with van der Waals surface area (Å²) in [7, 11) is 1.49. The molecule has 2 rings (SSSR count). The number of carbonyl (C=O) groups excluding carboxylic acids is 1. The van der Waals surface area contributed by atoms with Gasteiger partial charge in [-0.2, -0.15) is 5.10 Å². The third-order valence-electron chi connectivity index (χ3n) is 2.86. The third kappa shape index (κ3) is 3.04. The maximum atomic E-state index is 12.3. The fourth-order valence-corrected chi connectivity index (χ4v) is 2.75. The van der Waals surface area contributed by atoms with Crippen LogP contribution in [0, 0.1) is 0 Å². The summed E-state index contributed by atoms with van der Waals surface area (Å²) in [6.07, 6.45) is 0.780. The smallest absolute Gasteiger partial charge is 0.299 e. The number of hydrazone groups is 1. The number of amides is 1. The molecule has 1 aliphatic heterocycles. The predicted octanol–water partition coefficient (Wildman–Crippen LogP) is 2.94. The molecule has 7 heteroatoms. The van der Waals surface area contributed by atoms with Gasteiger partial charge in [0.1, 0.15) is 0 Å². The zero-order valence-electron chi connectivity index (χ0n) is 11.2. The molecule has 0 saturated carbocycles. The maximum absolute atomic E-state index is 12.3. The lowest BCUT2D eigenvalue weighted by molar-refractivity contribution is 0.184. The SMILES string of the molecule is CCC1SC(=O)NN=C1c1ccc(OCF)c(OC)c1. The molecule has 1 amide bonds. The Balaban J connectivity index is 2.34. The van der Waals surface area contributed by atoms with Gasteiger partial charge in [-0.3, -0.25) is 4.79 Å². The minimum absolute atomic E-state index is 0.0126. The number of halogens is 1. The Morgan fingerprint density at radius 2 is 2.25 bits per heavy atom. The van der Waals surface area contributed by atoms with Crippen molar-refractivity contribution >= 4 is 22.7 Å². The van der Waals surface area contributed by atoms with Crippen LogP contribution in [0.2, 0.25) is 0 Å². The zero-order valence-corrected chi connectivity index (χ0v) is 12.0. The standard InChI is InChI=1S/C13H15FN2O3S/c1-3-11-12(15-16-13(17)20-11)8-4-5-9(19-7-14)10(6-8)18-2/h4-6,11H,3,7H2,1-2H3,(H,16,17). The molecule has 20 heavy (non-hydrogen) atoms. The molecule has 1 aliphatic rings. The van der Waals surface area contributed by atoms with Gasteiger partial charge < -0.3 is 9.47 Å². The molecule has 0 aromatic heterocycles. The lowest BCUT2D eigenvalue weighted by Gasteiger charge is -2.21. The molecule has 0 aliphatic carbocycles. The second-order valence-electron chi connectivity index (χ2n) is 4.03. The number of hydrogen-bond donors (Lipinski definition) is 1. The molecule has 0 fully saturated rings. The van der Waals surface area contributed by atoms with Gasteiger partial charge in [-0.15, -0.1) is 0 Å². The van der Waals surface area contributed by atoms with Crippen molar-refractivity contribution in [3.05, 3.63) is 23.8 Å². The van der Waals surface area contributed by atoms with Crippen LogP contribution in [-0.4, -0.2) is 30.2 Å². The fourth-order valence-electron chi connectivity index (χ4n) is 1.92. The molecule has 1 heterocycles. The summed E-state index contributed by atoms with van der Waals surface area (Å²) in [5.74, 6) is 0.763. The van der Waals surface area contributed by atoms with E-state index >= 15 is 0 Å². The van der Waals surface area contributed by atoms with Crippen molar-refractivity contribution in [2.24, 2.45) is 5.10 Å². The van der Waals surface area contributed by atoms with E-state index in [0.717, 1.165) is 17.7 Å². The van der Waals surface area contributed by atoms with Crippen LogP contribution in [0.25, 0.3) is 0 Å². The molecular formula is C13H15FN2O3S. The highest BCUT2D eigenvalue weighted by Crippen LogP contribution is 2.31. The number of methoxy groups -OCH3 is 1. The van der Waals surface area contributed by atoms with E-state index in [1.54, 1.807) is 18.2 Å². The highest BCUT2D eigenvalue weighted by atomic mass is 32.2. The second-order valence-corrected chi connectivity index (χ2v) is 5.21. The fraction of sp³-hybridized carbons (Fsp3) is 0.385. The Morgan fingerprint density at radius 3 is 2.90 bits per heavy atom. The van der Waals surface area contributed by atoms with E-state index in [4.69, 9.17) is 9.47 Å². The van der Waals surface area contributed by atoms with Gasteiger partial charge in [-0.1, -0.05) is 18.7 Å². The summed E-state index contributed by atoms with van der Waals surface area (Å²) in [4.78, 5) is 11.3. The van der Waals surface area contributed by atoms with Gasteiger partial charge in [0.2, 0.25) is 6.86 Å². The van der Waals surface area contributed by atoms with Crippen molar-refractivity contribution in [3.8, 4) is 11.5 Å². The Hall–Kier alpha value is -1.76. The van der Waals surface area contributed by atoms with Gasteiger partial charge >= 0.3 is 0 Å². The van der Waals surface area contributed by atoms with Crippen molar-refractivity contribution < 1.29 is 18.7 Å². The monoisotopic (exact) mass is 298 g/mol. The van der Waals surface area contributed by atoms with E-state index in [1.165, 1.54) is 18.9 Å². The molecule has 0 bridgehead atoms. The first-order valence-electron chi connectivity index (χ1n) is 6.11. The average molecular weight is 298 g/mol. The highest BCUT2D eigenvalue weighted by Gasteiger charge is 2.25. The van der Waals surface area contributed by atoms with E-state index in [1.807, 2.05) is 6.92 Å². The normalized spacial score (nSPS) is 18.2. The molecule has 5 nitrogen and oxygen atoms in total. The molecule has 1 N–H and O–H groups in total. The number of hydrogen-bond acceptors (Lipinski definition) is 5. The quantitative estimate of drug-likeness (QED) is 0.908. The summed E-state index contributed by atoms with van der Waals surface area (Å²) in [5.41, 5.74) is 4.03. The number of alkyl halides is 1. The number of nitrogens with zero attached hydrogens (tertiary/aromatic N) is 1. The number of carbonyl (C=O) groups is 1. The molecule has 1 aromatic rings. The summed E-state index contributed by atoms with van der Waals surface area (Å²) in [5, 5.41) is 3.94. The molecule has 1 atom stereocenters. The van der Waals surface area contributed by atoms with Gasteiger partial charge in [0.05, 0.1) is 18.1 Å². The first kappa shape index (κ1) is 14.6. The summed E-state index contributed by atoms with van der Waals surface area (Å²) in [6, 6.07) is 5.13. The Morgan fingerprint density at radius 1 is 1.45 bits per heavy atom. The van der Waals surface area contributed by atoms with Gasteiger partial charge in [0, 0.05) is 5.56 Å². The summed E-state index contributed by atoms with van der Waals surface area (Å²) >= 11 is 1.20. The van der Waals surface area contributed by atoms with Crippen LogP contribution in [0.5, 0.6) is 11.5 Å². The molecular weight excluding hydrogens is 283 g/mol. The lowest BCUT2D eigenvalue weighted by Crippen LogP contribution is -2.31. The van der Waals surface area contributed by atoms with E-state index in [0.29, 0.717) is 11.5 Å². The van der Waals surface area contributed by atoms with Crippen molar-refractivity contribution in [1.82, 2.24) is 5.43 Å². The van der Waals surface area contributed by atoms with E-state index < -0.39 is 6.86 Å². The molecule has 0 saturated heterocycles. The lowest BCUT2D eigenvalue weighted by atomic mass is 10.0. The molecule has 1 aromatic carbocycles. The van der Waals surface area contributed by atoms with Gasteiger partial charge in [0.15, 0.2) is 11.5 Å². The van der Waals surface area contributed by atoms with Crippen molar-refractivity contribution in [1.29, 1.82) is 0 Å². The Bertz CT molecular complexity index is 536. The second kappa shape index (κ2) is 6.60. The predicted molar refractivity (Wildman–Crippen MR) is 76.3 cm³/mol. The topological polar surface area (TPSA) is 59.9 Å². The molecule has 0 spiro atoms. The minimum atomic E-state index is -0.917. The van der Waals surface area contributed by atoms with Crippen LogP contribution in [-0.2, 0) is 0 Å². The van der Waals surface area contributed by atoms with Gasteiger partial charge in [-0.05, 0) is 24.6 Å². The van der Waals surface area contributed by atoms with Crippen LogP contribution < -0.4 is 14.9 Å². The maximum Gasteiger partial charge on any atom is 0.299 e. The summed E-state index contributed by atoms with van der Waals surface area (Å²) in [6.45, 7) is 1.07. The first-order chi connectivity index (χ1) is 9.69. The highest BCUT2D eigenvalue weighted by molar-refractivity contribution is 8.14. The largest absolute Gasteiger partial charge is 0.493 e. The van der Waals surface area contributed by atoms with Crippen LogP contribution in [0.4, 0.5) is 9.18 Å². The summed E-state index contributed by atoms with van der Waals surface area (Å²) < 4.78 is 22.3. The Kier molecular flexibility index (Phi) is 4.84. The van der Waals surface area contributed by atoms with E-state index in [9.17, 15) is 9.18 Å². The van der Waals surface area contributed by atoms with Crippen LogP contribution in [0.1, 0.15) is 18.9 Å². The van der Waals surface area contributed by atoms with Crippen LogP contribution in [0.15, 0.2) is 23.3 Å². The molecule has 0 radical (unpaired) electrons.